The van der Waals surface area contributed by atoms with E-state index in [1.54, 1.807) is 20.0 Å². The summed E-state index contributed by atoms with van der Waals surface area (Å²) in [5.74, 6) is -0.665. The Balaban J connectivity index is 2.13. The van der Waals surface area contributed by atoms with Crippen LogP contribution in [0.25, 0.3) is 0 Å². The van der Waals surface area contributed by atoms with E-state index in [1.165, 1.54) is 12.1 Å². The molecule has 0 aliphatic heterocycles. The Labute approximate surface area is 107 Å². The molecule has 2 aromatic rings. The Morgan fingerprint density at radius 2 is 2.17 bits per heavy atom. The number of carbonyl (C=O) groups excluding carboxylic acids is 1. The van der Waals surface area contributed by atoms with Gasteiger partial charge in [0.2, 0.25) is 10.1 Å². The Kier molecular flexibility index (Phi) is 3.52. The number of rotatable bonds is 3. The van der Waals surface area contributed by atoms with Gasteiger partial charge in [0, 0.05) is 12.7 Å². The van der Waals surface area contributed by atoms with Crippen molar-refractivity contribution in [1.29, 1.82) is 0 Å². The molecule has 1 aromatic heterocycles. The van der Waals surface area contributed by atoms with E-state index in [2.05, 4.69) is 20.8 Å². The molecule has 0 spiro atoms. The summed E-state index contributed by atoms with van der Waals surface area (Å²) >= 11 is 1.15. The van der Waals surface area contributed by atoms with Gasteiger partial charge in [0.25, 0.3) is 5.91 Å². The molecular weight excluding hydrogens is 255 g/mol. The molecule has 0 bridgehead atoms. The highest BCUT2D eigenvalue weighted by molar-refractivity contribution is 7.17. The van der Waals surface area contributed by atoms with Crippen molar-refractivity contribution < 1.29 is 9.18 Å². The van der Waals surface area contributed by atoms with Gasteiger partial charge in [-0.2, -0.15) is 0 Å². The molecule has 2 N–H and O–H groups in total. The number of anilines is 2. The predicted molar refractivity (Wildman–Crippen MR) is 68.5 cm³/mol. The molecule has 0 fully saturated rings. The molecule has 7 heteroatoms. The van der Waals surface area contributed by atoms with Crippen molar-refractivity contribution in [3.05, 3.63) is 34.6 Å². The summed E-state index contributed by atoms with van der Waals surface area (Å²) in [6, 6.07) is 4.37. The lowest BCUT2D eigenvalue weighted by molar-refractivity contribution is 0.102. The van der Waals surface area contributed by atoms with Crippen LogP contribution >= 0.6 is 11.3 Å². The van der Waals surface area contributed by atoms with Gasteiger partial charge in [-0.15, -0.1) is 10.2 Å². The van der Waals surface area contributed by atoms with E-state index in [-0.39, 0.29) is 16.7 Å². The standard InChI is InChI=1S/C11H11FN4OS/c1-6-5-7(3-4-8(6)12)14-9(17)10-15-16-11(13-2)18-10/h3-5H,1-2H3,(H,13,16)(H,14,17). The molecule has 1 aromatic carbocycles. The van der Waals surface area contributed by atoms with Crippen molar-refractivity contribution in [2.75, 3.05) is 17.7 Å². The fourth-order valence-corrected chi connectivity index (χ4v) is 1.92. The summed E-state index contributed by atoms with van der Waals surface area (Å²) in [4.78, 5) is 11.8. The molecule has 0 saturated carbocycles. The highest BCUT2D eigenvalue weighted by Crippen LogP contribution is 2.18. The van der Waals surface area contributed by atoms with Gasteiger partial charge in [-0.25, -0.2) is 4.39 Å². The number of benzene rings is 1. The van der Waals surface area contributed by atoms with E-state index in [1.807, 2.05) is 0 Å². The number of nitrogens with zero attached hydrogens (tertiary/aromatic N) is 2. The minimum absolute atomic E-state index is 0.251. The first-order chi connectivity index (χ1) is 8.60. The summed E-state index contributed by atoms with van der Waals surface area (Å²) in [5.41, 5.74) is 1.00. The first kappa shape index (κ1) is 12.4. The van der Waals surface area contributed by atoms with Gasteiger partial charge in [0.1, 0.15) is 5.82 Å². The molecule has 18 heavy (non-hydrogen) atoms. The summed E-state index contributed by atoms with van der Waals surface area (Å²) in [7, 11) is 1.70. The van der Waals surface area contributed by atoms with Crippen LogP contribution in [0.5, 0.6) is 0 Å². The summed E-state index contributed by atoms with van der Waals surface area (Å²) in [5, 5.41) is 13.8. The number of hydrogen-bond acceptors (Lipinski definition) is 5. The van der Waals surface area contributed by atoms with E-state index in [4.69, 9.17) is 0 Å². The van der Waals surface area contributed by atoms with Crippen LogP contribution in [0.3, 0.4) is 0 Å². The zero-order valence-corrected chi connectivity index (χ0v) is 10.6. The summed E-state index contributed by atoms with van der Waals surface area (Å²) < 4.78 is 13.1. The zero-order valence-electron chi connectivity index (χ0n) is 9.82. The van der Waals surface area contributed by atoms with Crippen LogP contribution in [0.4, 0.5) is 15.2 Å². The zero-order chi connectivity index (χ0) is 13.1. The van der Waals surface area contributed by atoms with Gasteiger partial charge in [0.15, 0.2) is 0 Å². The molecule has 94 valence electrons. The molecule has 1 heterocycles. The van der Waals surface area contributed by atoms with Crippen molar-refractivity contribution in [2.45, 2.75) is 6.92 Å². The largest absolute Gasteiger partial charge is 0.363 e. The maximum absolute atomic E-state index is 13.1. The monoisotopic (exact) mass is 266 g/mol. The molecule has 0 unspecified atom stereocenters. The van der Waals surface area contributed by atoms with E-state index >= 15 is 0 Å². The highest BCUT2D eigenvalue weighted by Gasteiger charge is 2.12. The number of nitrogens with one attached hydrogen (secondary N) is 2. The molecule has 0 aliphatic carbocycles. The third-order valence-electron chi connectivity index (χ3n) is 2.25. The second-order valence-corrected chi connectivity index (χ2v) is 4.56. The van der Waals surface area contributed by atoms with Crippen molar-refractivity contribution in [1.82, 2.24) is 10.2 Å². The Bertz CT molecular complexity index is 584. The number of aromatic nitrogens is 2. The smallest absolute Gasteiger partial charge is 0.286 e. The Morgan fingerprint density at radius 1 is 1.39 bits per heavy atom. The van der Waals surface area contributed by atoms with Crippen LogP contribution in [0.15, 0.2) is 18.2 Å². The van der Waals surface area contributed by atoms with Crippen LogP contribution < -0.4 is 10.6 Å². The molecular formula is C11H11FN4OS. The van der Waals surface area contributed by atoms with Crippen LogP contribution in [-0.4, -0.2) is 23.2 Å². The Morgan fingerprint density at radius 3 is 2.78 bits per heavy atom. The van der Waals surface area contributed by atoms with Crippen molar-refractivity contribution >= 4 is 28.1 Å². The summed E-state index contributed by atoms with van der Waals surface area (Å²) in [6.45, 7) is 1.63. The molecule has 1 amide bonds. The first-order valence-electron chi connectivity index (χ1n) is 5.19. The van der Waals surface area contributed by atoms with Crippen LogP contribution in [0, 0.1) is 12.7 Å². The van der Waals surface area contributed by atoms with Gasteiger partial charge in [-0.1, -0.05) is 11.3 Å². The highest BCUT2D eigenvalue weighted by atomic mass is 32.1. The van der Waals surface area contributed by atoms with E-state index in [0.717, 1.165) is 11.3 Å². The minimum atomic E-state index is -0.361. The average molecular weight is 266 g/mol. The number of aryl methyl sites for hydroxylation is 1. The molecule has 0 aliphatic rings. The maximum Gasteiger partial charge on any atom is 0.286 e. The number of hydrogen-bond donors (Lipinski definition) is 2. The van der Waals surface area contributed by atoms with Gasteiger partial charge < -0.3 is 10.6 Å². The maximum atomic E-state index is 13.1. The van der Waals surface area contributed by atoms with Gasteiger partial charge in [-0.3, -0.25) is 4.79 Å². The Hall–Kier alpha value is -2.02. The molecule has 5 nitrogen and oxygen atoms in total. The lowest BCUT2D eigenvalue weighted by atomic mass is 10.2. The van der Waals surface area contributed by atoms with Crippen molar-refractivity contribution in [2.24, 2.45) is 0 Å². The fraction of sp³-hybridized carbons (Fsp3) is 0.182. The summed E-state index contributed by atoms with van der Waals surface area (Å²) in [6.07, 6.45) is 0. The molecule has 2 rings (SSSR count). The van der Waals surface area contributed by atoms with E-state index in [9.17, 15) is 9.18 Å². The normalized spacial score (nSPS) is 10.2. The number of carbonyl (C=O) groups is 1. The predicted octanol–water partition coefficient (Wildman–Crippen LogP) is 2.28. The van der Waals surface area contributed by atoms with Gasteiger partial charge in [0.05, 0.1) is 0 Å². The number of amides is 1. The first-order valence-corrected chi connectivity index (χ1v) is 6.00. The van der Waals surface area contributed by atoms with Crippen LogP contribution in [-0.2, 0) is 0 Å². The number of halogens is 1. The van der Waals surface area contributed by atoms with Gasteiger partial charge >= 0.3 is 0 Å². The molecule has 0 radical (unpaired) electrons. The quantitative estimate of drug-likeness (QED) is 0.894. The van der Waals surface area contributed by atoms with E-state index < -0.39 is 0 Å². The van der Waals surface area contributed by atoms with Crippen molar-refractivity contribution in [3.8, 4) is 0 Å². The molecule has 0 atom stereocenters. The fourth-order valence-electron chi connectivity index (χ4n) is 1.32. The lowest BCUT2D eigenvalue weighted by Crippen LogP contribution is -2.11. The SMILES string of the molecule is CNc1nnc(C(=O)Nc2ccc(F)c(C)c2)s1. The molecule has 0 saturated heterocycles. The van der Waals surface area contributed by atoms with Crippen LogP contribution in [0.1, 0.15) is 15.4 Å². The van der Waals surface area contributed by atoms with Crippen molar-refractivity contribution in [3.63, 3.8) is 0 Å². The third-order valence-corrected chi connectivity index (χ3v) is 3.19. The minimum Gasteiger partial charge on any atom is -0.363 e. The topological polar surface area (TPSA) is 66.9 Å². The van der Waals surface area contributed by atoms with Gasteiger partial charge in [-0.05, 0) is 30.7 Å². The third kappa shape index (κ3) is 2.62. The second kappa shape index (κ2) is 5.09. The lowest BCUT2D eigenvalue weighted by Gasteiger charge is -2.04. The average Bonchev–Trinajstić information content (AvgIpc) is 2.82. The van der Waals surface area contributed by atoms with Crippen LogP contribution in [0.2, 0.25) is 0 Å². The second-order valence-electron chi connectivity index (χ2n) is 3.58. The van der Waals surface area contributed by atoms with E-state index in [0.29, 0.717) is 16.4 Å².